The van der Waals surface area contributed by atoms with E-state index in [9.17, 15) is 24.0 Å². The van der Waals surface area contributed by atoms with Gasteiger partial charge in [-0.1, -0.05) is 40.2 Å². The Balaban J connectivity index is 1.47. The predicted molar refractivity (Wildman–Crippen MR) is 166 cm³/mol. The van der Waals surface area contributed by atoms with Gasteiger partial charge in [0.1, 0.15) is 22.4 Å². The summed E-state index contributed by atoms with van der Waals surface area (Å²) >= 11 is 1.20. The average molecular weight is 642 g/mol. The molecule has 3 fully saturated rings. The number of nitrogens with zero attached hydrogens (tertiary/aromatic N) is 3. The van der Waals surface area contributed by atoms with Crippen LogP contribution in [0.25, 0.3) is 0 Å². The Morgan fingerprint density at radius 1 is 1.07 bits per heavy atom. The van der Waals surface area contributed by atoms with Gasteiger partial charge < -0.3 is 25.0 Å². The molecule has 244 valence electrons. The minimum atomic E-state index is -0.806. The highest BCUT2D eigenvalue weighted by Crippen LogP contribution is 2.67. The number of thiazole rings is 1. The second-order valence-corrected chi connectivity index (χ2v) is 13.6. The Morgan fingerprint density at radius 3 is 2.31 bits per heavy atom. The molecule has 0 unspecified atom stereocenters. The summed E-state index contributed by atoms with van der Waals surface area (Å²) in [7, 11) is 3.05. The molecule has 2 aromatic heterocycles. The van der Waals surface area contributed by atoms with Crippen LogP contribution in [0.5, 0.6) is 0 Å². The van der Waals surface area contributed by atoms with Crippen molar-refractivity contribution in [2.24, 2.45) is 17.3 Å². The van der Waals surface area contributed by atoms with Crippen LogP contribution in [0.2, 0.25) is 0 Å². The Morgan fingerprint density at radius 2 is 1.76 bits per heavy atom. The number of likely N-dealkylation sites (N-methyl/N-ethyl adjacent to an activating group) is 1. The number of carbonyl (C=O) groups excluding carboxylic acids is 5. The minimum Gasteiger partial charge on any atom is -0.469 e. The van der Waals surface area contributed by atoms with Gasteiger partial charge in [-0.2, -0.15) is 0 Å². The highest BCUT2D eigenvalue weighted by molar-refractivity contribution is 7.09. The average Bonchev–Trinajstić information content (AvgIpc) is 3.48. The van der Waals surface area contributed by atoms with Crippen molar-refractivity contribution in [2.75, 3.05) is 14.2 Å². The normalized spacial score (nSPS) is 22.5. The lowest BCUT2D eigenvalue weighted by Crippen LogP contribution is -2.77. The lowest BCUT2D eigenvalue weighted by molar-refractivity contribution is -0.199. The van der Waals surface area contributed by atoms with Gasteiger partial charge in [-0.05, 0) is 43.2 Å². The molecular weight excluding hydrogens is 598 g/mol. The zero-order valence-electron chi connectivity index (χ0n) is 26.9. The Kier molecular flexibility index (Phi) is 10.3. The van der Waals surface area contributed by atoms with E-state index >= 15 is 0 Å². The molecule has 2 N–H and O–H groups in total. The molecule has 2 bridgehead atoms. The lowest BCUT2D eigenvalue weighted by atomic mass is 9.39. The van der Waals surface area contributed by atoms with E-state index < -0.39 is 41.0 Å². The Labute approximate surface area is 267 Å². The first-order valence-corrected chi connectivity index (χ1v) is 16.1. The smallest absolute Gasteiger partial charge is 0.312 e. The van der Waals surface area contributed by atoms with Crippen LogP contribution in [0.4, 0.5) is 0 Å². The number of methoxy groups -OCH3 is 1. The molecule has 12 nitrogen and oxygen atoms in total. The van der Waals surface area contributed by atoms with Crippen molar-refractivity contribution < 1.29 is 33.4 Å². The van der Waals surface area contributed by atoms with Crippen LogP contribution in [-0.4, -0.2) is 76.3 Å². The van der Waals surface area contributed by atoms with Crippen molar-refractivity contribution in [1.29, 1.82) is 0 Å². The maximum atomic E-state index is 13.9. The fraction of sp³-hybridized carbons (Fsp3) is 0.594. The van der Waals surface area contributed by atoms with Crippen LogP contribution in [0.1, 0.15) is 98.8 Å². The van der Waals surface area contributed by atoms with Crippen LogP contribution in [0.3, 0.4) is 0 Å². The van der Waals surface area contributed by atoms with Crippen LogP contribution in [-0.2, 0) is 23.9 Å². The molecule has 0 aliphatic heterocycles. The molecule has 0 saturated heterocycles. The van der Waals surface area contributed by atoms with Crippen LogP contribution in [0.15, 0.2) is 29.8 Å². The molecule has 3 aliphatic rings. The third kappa shape index (κ3) is 7.18. The number of carbonyl (C=O) groups is 5. The number of esters is 2. The topological polar surface area (TPSA) is 157 Å². The van der Waals surface area contributed by atoms with E-state index in [4.69, 9.17) is 9.47 Å². The van der Waals surface area contributed by atoms with Crippen molar-refractivity contribution >= 4 is 41.0 Å². The fourth-order valence-corrected chi connectivity index (χ4v) is 7.31. The molecule has 0 aromatic carbocycles. The number of rotatable bonds is 14. The summed E-state index contributed by atoms with van der Waals surface area (Å²) in [6.45, 7) is 9.10. The number of aromatic nitrogens is 2. The van der Waals surface area contributed by atoms with Crippen LogP contribution in [0, 0.1) is 17.3 Å². The third-order valence-corrected chi connectivity index (χ3v) is 10.0. The molecule has 2 aromatic rings. The van der Waals surface area contributed by atoms with Crippen LogP contribution >= 0.6 is 11.3 Å². The van der Waals surface area contributed by atoms with Gasteiger partial charge in [0, 0.05) is 43.5 Å². The monoisotopic (exact) mass is 641 g/mol. The fourth-order valence-electron chi connectivity index (χ4n) is 6.47. The summed E-state index contributed by atoms with van der Waals surface area (Å²) in [5.41, 5.74) is -0.491. The Bertz CT molecular complexity index is 1410. The number of hydrogen-bond donors (Lipinski definition) is 2. The molecule has 5 rings (SSSR count). The van der Waals surface area contributed by atoms with Crippen molar-refractivity contribution in [2.45, 2.75) is 90.4 Å². The van der Waals surface area contributed by atoms with Crippen molar-refractivity contribution in [3.8, 4) is 0 Å². The highest BCUT2D eigenvalue weighted by Gasteiger charge is 2.73. The third-order valence-electron chi connectivity index (χ3n) is 9.10. The standard InChI is InChI=1S/C32H43N5O7S/c1-8-19(4)25(35-26(39)21-11-9-10-12-33-21)29(41)37(6)23(18(2)3)13-24(44-20(5)38)28-34-22(14-45-28)27(40)36-32-15-31(16-32,17-32)30(42)43-7/h9-12,14,18-19,23-25H,8,13,15-17H2,1-7H3,(H,35,39)(H,36,40)/t19-,23+,24+,25-,31?,32?/m0/s1. The number of pyridine rings is 1. The van der Waals surface area contributed by atoms with E-state index in [-0.39, 0.29) is 47.4 Å². The molecule has 3 aliphatic carbocycles. The largest absolute Gasteiger partial charge is 0.469 e. The number of nitrogens with one attached hydrogen (secondary N) is 2. The molecule has 0 spiro atoms. The summed E-state index contributed by atoms with van der Waals surface area (Å²) < 4.78 is 10.6. The lowest BCUT2D eigenvalue weighted by Gasteiger charge is -2.68. The van der Waals surface area contributed by atoms with Gasteiger partial charge in [-0.3, -0.25) is 29.0 Å². The zero-order chi connectivity index (χ0) is 33.1. The molecular formula is C32H43N5O7S. The zero-order valence-corrected chi connectivity index (χ0v) is 27.7. The quantitative estimate of drug-likeness (QED) is 0.294. The molecule has 3 amide bonds. The number of ether oxygens (including phenoxy) is 2. The summed E-state index contributed by atoms with van der Waals surface area (Å²) in [6.07, 6.45) is 3.24. The molecule has 2 heterocycles. The first kappa shape index (κ1) is 34.0. The van der Waals surface area contributed by atoms with Gasteiger partial charge in [0.05, 0.1) is 12.5 Å². The van der Waals surface area contributed by atoms with Gasteiger partial charge >= 0.3 is 11.9 Å². The van der Waals surface area contributed by atoms with Gasteiger partial charge in [-0.15, -0.1) is 11.3 Å². The Hall–Kier alpha value is -3.87. The molecule has 13 heteroatoms. The maximum Gasteiger partial charge on any atom is 0.312 e. The van der Waals surface area contributed by atoms with Crippen molar-refractivity contribution in [1.82, 2.24) is 25.5 Å². The van der Waals surface area contributed by atoms with E-state index in [1.54, 1.807) is 35.5 Å². The van der Waals surface area contributed by atoms with Gasteiger partial charge in [0.2, 0.25) is 5.91 Å². The van der Waals surface area contributed by atoms with Crippen LogP contribution < -0.4 is 10.6 Å². The van der Waals surface area contributed by atoms with Gasteiger partial charge in [-0.25, -0.2) is 4.98 Å². The van der Waals surface area contributed by atoms with E-state index in [2.05, 4.69) is 20.6 Å². The summed E-state index contributed by atoms with van der Waals surface area (Å²) in [5, 5.41) is 7.95. The summed E-state index contributed by atoms with van der Waals surface area (Å²) in [6, 6.07) is 3.82. The van der Waals surface area contributed by atoms with E-state index in [1.807, 2.05) is 27.7 Å². The maximum absolute atomic E-state index is 13.9. The second-order valence-electron chi connectivity index (χ2n) is 12.8. The summed E-state index contributed by atoms with van der Waals surface area (Å²) in [4.78, 5) is 74.4. The molecule has 4 atom stereocenters. The highest BCUT2D eigenvalue weighted by atomic mass is 32.1. The van der Waals surface area contributed by atoms with Gasteiger partial charge in [0.25, 0.3) is 11.8 Å². The van der Waals surface area contributed by atoms with Crippen molar-refractivity contribution in [3.05, 3.63) is 46.2 Å². The minimum absolute atomic E-state index is 0.0461. The predicted octanol–water partition coefficient (Wildman–Crippen LogP) is 3.69. The van der Waals surface area contributed by atoms with Gasteiger partial charge in [0.15, 0.2) is 6.10 Å². The van der Waals surface area contributed by atoms with Crippen molar-refractivity contribution in [3.63, 3.8) is 0 Å². The first-order chi connectivity index (χ1) is 21.2. The molecule has 0 radical (unpaired) electrons. The molecule has 3 saturated carbocycles. The van der Waals surface area contributed by atoms with E-state index in [1.165, 1.54) is 31.6 Å². The number of amides is 3. The van der Waals surface area contributed by atoms with E-state index in [0.29, 0.717) is 30.7 Å². The van der Waals surface area contributed by atoms with E-state index in [0.717, 1.165) is 0 Å². The summed E-state index contributed by atoms with van der Waals surface area (Å²) in [5.74, 6) is -2.02. The first-order valence-electron chi connectivity index (χ1n) is 15.3. The second kappa shape index (κ2) is 13.6. The number of hydrogen-bond acceptors (Lipinski definition) is 10. The SMILES string of the molecule is CC[C@H](C)[C@H](NC(=O)c1ccccn1)C(=O)N(C)[C@H](C[C@@H](OC(C)=O)c1nc(C(=O)NC23CC(C(=O)OC)(C2)C3)cs1)C(C)C. The molecule has 45 heavy (non-hydrogen) atoms.